The molecule has 0 fully saturated rings. The minimum Gasteiger partial charge on any atom is -0.362 e. The first-order valence-corrected chi connectivity index (χ1v) is 10.5. The summed E-state index contributed by atoms with van der Waals surface area (Å²) < 4.78 is 0. The van der Waals surface area contributed by atoms with Gasteiger partial charge in [-0.1, -0.05) is 44.2 Å². The van der Waals surface area contributed by atoms with Gasteiger partial charge < -0.3 is 10.6 Å². The number of hydrogen-bond donors (Lipinski definition) is 2. The summed E-state index contributed by atoms with van der Waals surface area (Å²) in [6.45, 7) is 6.12. The van der Waals surface area contributed by atoms with Crippen LogP contribution in [0.25, 0.3) is 0 Å². The van der Waals surface area contributed by atoms with Gasteiger partial charge in [-0.2, -0.15) is 0 Å². The van der Waals surface area contributed by atoms with E-state index in [4.69, 9.17) is 0 Å². The Hall–Kier alpha value is -3.21. The van der Waals surface area contributed by atoms with E-state index in [1.54, 1.807) is 18.3 Å². The van der Waals surface area contributed by atoms with E-state index in [9.17, 15) is 9.59 Å². The summed E-state index contributed by atoms with van der Waals surface area (Å²) in [5.74, 6) is 0.295. The topological polar surface area (TPSA) is 71.1 Å². The smallest absolute Gasteiger partial charge is 0.255 e. The third-order valence-electron chi connectivity index (χ3n) is 5.90. The average Bonchev–Trinajstić information content (AvgIpc) is 2.73. The molecular formula is C25H27N3O2. The minimum absolute atomic E-state index is 0.122. The Morgan fingerprint density at radius 3 is 2.60 bits per heavy atom. The number of ketones is 1. The van der Waals surface area contributed by atoms with Gasteiger partial charge in [-0.05, 0) is 48.9 Å². The molecule has 0 bridgehead atoms. The van der Waals surface area contributed by atoms with Crippen LogP contribution in [-0.2, 0) is 16.0 Å². The highest BCUT2D eigenvalue weighted by Crippen LogP contribution is 2.43. The van der Waals surface area contributed by atoms with Crippen molar-refractivity contribution in [3.05, 3.63) is 82.3 Å². The van der Waals surface area contributed by atoms with Crippen molar-refractivity contribution in [1.82, 2.24) is 10.3 Å². The number of anilines is 1. The zero-order valence-electron chi connectivity index (χ0n) is 17.7. The van der Waals surface area contributed by atoms with Crippen molar-refractivity contribution in [2.45, 2.75) is 46.0 Å². The lowest BCUT2D eigenvalue weighted by Crippen LogP contribution is -2.37. The second-order valence-electron chi connectivity index (χ2n) is 8.19. The molecule has 1 aliphatic carbocycles. The van der Waals surface area contributed by atoms with Gasteiger partial charge in [0.1, 0.15) is 5.82 Å². The minimum atomic E-state index is -0.379. The van der Waals surface area contributed by atoms with Gasteiger partial charge in [-0.25, -0.2) is 4.98 Å². The lowest BCUT2D eigenvalue weighted by atomic mass is 9.73. The maximum Gasteiger partial charge on any atom is 0.255 e. The van der Waals surface area contributed by atoms with Crippen LogP contribution in [0.2, 0.25) is 0 Å². The number of allylic oxidation sites excluding steroid dienone is 3. The van der Waals surface area contributed by atoms with Gasteiger partial charge in [0.25, 0.3) is 5.91 Å². The van der Waals surface area contributed by atoms with Crippen LogP contribution in [0, 0.1) is 5.92 Å². The number of nitrogens with one attached hydrogen (secondary N) is 2. The van der Waals surface area contributed by atoms with E-state index in [-0.39, 0.29) is 17.6 Å². The zero-order chi connectivity index (χ0) is 21.3. The van der Waals surface area contributed by atoms with Gasteiger partial charge in [-0.15, -0.1) is 0 Å². The van der Waals surface area contributed by atoms with Gasteiger partial charge in [0.15, 0.2) is 5.78 Å². The van der Waals surface area contributed by atoms with E-state index in [2.05, 4.69) is 41.6 Å². The van der Waals surface area contributed by atoms with E-state index in [0.29, 0.717) is 23.7 Å². The Bertz CT molecular complexity index is 1040. The number of aryl methyl sites for hydroxylation is 1. The quantitative estimate of drug-likeness (QED) is 0.791. The molecule has 0 radical (unpaired) electrons. The van der Waals surface area contributed by atoms with E-state index in [0.717, 1.165) is 35.4 Å². The number of Topliss-reactive ketones (excluding diaryl/α,β-unsaturated/α-hetero) is 1. The first kappa shape index (κ1) is 20.1. The fourth-order valence-corrected chi connectivity index (χ4v) is 4.43. The van der Waals surface area contributed by atoms with Crippen LogP contribution in [0.15, 0.2) is 71.2 Å². The van der Waals surface area contributed by atoms with E-state index >= 15 is 0 Å². The molecule has 0 spiro atoms. The highest BCUT2D eigenvalue weighted by Gasteiger charge is 2.39. The molecule has 5 nitrogen and oxygen atoms in total. The summed E-state index contributed by atoms with van der Waals surface area (Å²) in [7, 11) is 0. The Morgan fingerprint density at radius 1 is 1.17 bits per heavy atom. The Balaban J connectivity index is 1.79. The molecule has 2 atom stereocenters. The average molecular weight is 402 g/mol. The largest absolute Gasteiger partial charge is 0.362 e. The summed E-state index contributed by atoms with van der Waals surface area (Å²) in [6.07, 6.45) is 3.91. The number of aromatic nitrogens is 1. The Kier molecular flexibility index (Phi) is 5.53. The Labute approximate surface area is 177 Å². The summed E-state index contributed by atoms with van der Waals surface area (Å²) in [5.41, 5.74) is 5.24. The molecule has 1 aromatic carbocycles. The van der Waals surface area contributed by atoms with Crippen molar-refractivity contribution in [1.29, 1.82) is 0 Å². The number of hydrogen-bond acceptors (Lipinski definition) is 4. The van der Waals surface area contributed by atoms with Crippen molar-refractivity contribution in [2.75, 3.05) is 5.32 Å². The fourth-order valence-electron chi connectivity index (χ4n) is 4.43. The van der Waals surface area contributed by atoms with Crippen LogP contribution in [0.5, 0.6) is 0 Å². The van der Waals surface area contributed by atoms with Crippen molar-refractivity contribution in [3.63, 3.8) is 0 Å². The molecule has 2 N–H and O–H groups in total. The van der Waals surface area contributed by atoms with E-state index in [1.165, 1.54) is 5.56 Å². The van der Waals surface area contributed by atoms with Crippen molar-refractivity contribution < 1.29 is 9.59 Å². The maximum absolute atomic E-state index is 13.3. The molecule has 1 aliphatic heterocycles. The van der Waals surface area contributed by atoms with Crippen molar-refractivity contribution >= 4 is 17.5 Å². The number of benzene rings is 1. The predicted molar refractivity (Wildman–Crippen MR) is 118 cm³/mol. The molecule has 4 rings (SSSR count). The number of amides is 1. The number of carbonyl (C=O) groups is 2. The summed E-state index contributed by atoms with van der Waals surface area (Å²) in [5, 5.41) is 6.28. The van der Waals surface area contributed by atoms with Gasteiger partial charge in [0.2, 0.25) is 0 Å². The highest BCUT2D eigenvalue weighted by molar-refractivity contribution is 6.09. The molecule has 154 valence electrons. The zero-order valence-corrected chi connectivity index (χ0v) is 17.7. The molecule has 1 amide bonds. The molecule has 1 aromatic heterocycles. The predicted octanol–water partition coefficient (Wildman–Crippen LogP) is 4.50. The fraction of sp³-hybridized carbons (Fsp3) is 0.320. The molecule has 2 aliphatic rings. The Morgan fingerprint density at radius 2 is 1.93 bits per heavy atom. The highest BCUT2D eigenvalue weighted by atomic mass is 16.2. The third kappa shape index (κ3) is 3.80. The molecule has 0 saturated carbocycles. The summed E-state index contributed by atoms with van der Waals surface area (Å²) >= 11 is 0. The van der Waals surface area contributed by atoms with E-state index in [1.807, 2.05) is 25.1 Å². The van der Waals surface area contributed by atoms with Crippen molar-refractivity contribution in [2.24, 2.45) is 5.92 Å². The van der Waals surface area contributed by atoms with Crippen LogP contribution in [0.1, 0.15) is 50.7 Å². The second-order valence-corrected chi connectivity index (χ2v) is 8.19. The molecule has 2 heterocycles. The molecule has 0 saturated heterocycles. The summed E-state index contributed by atoms with van der Waals surface area (Å²) in [4.78, 5) is 30.7. The lowest BCUT2D eigenvalue weighted by Gasteiger charge is -2.36. The SMILES string of the molecule is CCc1ccc(C2C(C(=O)Nc3ccccn3)=C(C)NC3=C2C(=O)CC(C)C3)cc1. The first-order valence-electron chi connectivity index (χ1n) is 10.5. The van der Waals surface area contributed by atoms with Crippen molar-refractivity contribution in [3.8, 4) is 0 Å². The molecule has 30 heavy (non-hydrogen) atoms. The number of carbonyl (C=O) groups excluding carboxylic acids is 2. The number of rotatable bonds is 4. The molecule has 2 aromatic rings. The van der Waals surface area contributed by atoms with Gasteiger partial charge in [0, 0.05) is 41.1 Å². The lowest BCUT2D eigenvalue weighted by molar-refractivity contribution is -0.117. The van der Waals surface area contributed by atoms with Crippen LogP contribution in [-0.4, -0.2) is 16.7 Å². The normalized spacial score (nSPS) is 21.2. The van der Waals surface area contributed by atoms with Crippen LogP contribution < -0.4 is 10.6 Å². The van der Waals surface area contributed by atoms with Gasteiger partial charge >= 0.3 is 0 Å². The number of pyridine rings is 1. The molecular weight excluding hydrogens is 374 g/mol. The van der Waals surface area contributed by atoms with Crippen LogP contribution >= 0.6 is 0 Å². The molecule has 5 heteroatoms. The van der Waals surface area contributed by atoms with E-state index < -0.39 is 0 Å². The number of nitrogens with zero attached hydrogens (tertiary/aromatic N) is 1. The second kappa shape index (κ2) is 8.27. The van der Waals surface area contributed by atoms with Gasteiger partial charge in [0.05, 0.1) is 0 Å². The summed E-state index contributed by atoms with van der Waals surface area (Å²) in [6, 6.07) is 13.6. The van der Waals surface area contributed by atoms with Gasteiger partial charge in [-0.3, -0.25) is 9.59 Å². The standard InChI is InChI=1S/C25H27N3O2/c1-4-17-8-10-18(11-9-17)23-22(25(30)28-21-7-5-6-12-26-21)16(3)27-19-13-15(2)14-20(29)24(19)23/h5-12,15,23,27H,4,13-14H2,1-3H3,(H,26,28,30). The molecule has 2 unspecified atom stereocenters. The van der Waals surface area contributed by atoms with Crippen LogP contribution in [0.4, 0.5) is 5.82 Å². The maximum atomic E-state index is 13.3. The monoisotopic (exact) mass is 401 g/mol. The van der Waals surface area contributed by atoms with Crippen LogP contribution in [0.3, 0.4) is 0 Å². The number of dihydropyridines is 1. The first-order chi connectivity index (χ1) is 14.5. The third-order valence-corrected chi connectivity index (χ3v) is 5.90.